The highest BCUT2D eigenvalue weighted by molar-refractivity contribution is 5.94. The molecule has 0 bridgehead atoms. The molecule has 0 saturated heterocycles. The van der Waals surface area contributed by atoms with E-state index in [-0.39, 0.29) is 36.0 Å². The van der Waals surface area contributed by atoms with Crippen molar-refractivity contribution in [3.63, 3.8) is 0 Å². The topological polar surface area (TPSA) is 92.6 Å². The van der Waals surface area contributed by atoms with Gasteiger partial charge in [-0.2, -0.15) is 0 Å². The van der Waals surface area contributed by atoms with Gasteiger partial charge < -0.3 is 10.2 Å². The number of carbonyl (C=O) groups excluding carboxylic acids is 2. The van der Waals surface area contributed by atoms with Crippen molar-refractivity contribution in [1.82, 2.24) is 10.2 Å². The molecule has 1 N–H and O–H groups in total. The van der Waals surface area contributed by atoms with E-state index < -0.39 is 4.92 Å². The number of nitro groups is 1. The van der Waals surface area contributed by atoms with Crippen LogP contribution in [-0.4, -0.2) is 34.7 Å². The molecule has 2 aromatic carbocycles. The molecule has 0 aromatic heterocycles. The summed E-state index contributed by atoms with van der Waals surface area (Å²) in [5.74, 6) is -0.389. The summed E-state index contributed by atoms with van der Waals surface area (Å²) >= 11 is 0. The van der Waals surface area contributed by atoms with Crippen molar-refractivity contribution in [3.05, 3.63) is 75.8 Å². The molecule has 142 valence electrons. The number of carbonyl (C=O) groups is 2. The molecular weight excluding hydrogens is 346 g/mol. The molecule has 0 spiro atoms. The van der Waals surface area contributed by atoms with Crippen molar-refractivity contribution in [2.75, 3.05) is 7.05 Å². The number of hydrogen-bond donors (Lipinski definition) is 1. The number of non-ortho nitro benzene ring substituents is 1. The molecule has 27 heavy (non-hydrogen) atoms. The average molecular weight is 369 g/mol. The molecule has 7 heteroatoms. The van der Waals surface area contributed by atoms with Crippen LogP contribution in [0.1, 0.15) is 42.2 Å². The van der Waals surface area contributed by atoms with Crippen molar-refractivity contribution in [2.45, 2.75) is 32.4 Å². The van der Waals surface area contributed by atoms with Crippen LogP contribution in [0.15, 0.2) is 54.6 Å². The Bertz CT molecular complexity index is 823. The Morgan fingerprint density at radius 2 is 1.78 bits per heavy atom. The van der Waals surface area contributed by atoms with Gasteiger partial charge in [-0.05, 0) is 31.5 Å². The first kappa shape index (κ1) is 20.1. The summed E-state index contributed by atoms with van der Waals surface area (Å²) in [4.78, 5) is 36.7. The second kappa shape index (κ2) is 8.93. The highest BCUT2D eigenvalue weighted by Crippen LogP contribution is 2.23. The van der Waals surface area contributed by atoms with Crippen LogP contribution >= 0.6 is 0 Å². The standard InChI is InChI=1S/C20H23N3O4/c1-14(21-20(25)16-8-5-4-6-9-16)12-19(24)22(3)15(2)17-10-7-11-18(13-17)23(26)27/h4-11,13-15H,12H2,1-3H3,(H,21,25)/t14-,15+/m1/s1. The summed E-state index contributed by atoms with van der Waals surface area (Å²) in [7, 11) is 1.65. The first-order valence-corrected chi connectivity index (χ1v) is 8.65. The quantitative estimate of drug-likeness (QED) is 0.598. The Hall–Kier alpha value is -3.22. The second-order valence-corrected chi connectivity index (χ2v) is 6.48. The lowest BCUT2D eigenvalue weighted by Crippen LogP contribution is -2.38. The first-order chi connectivity index (χ1) is 12.8. The third kappa shape index (κ3) is 5.37. The van der Waals surface area contributed by atoms with E-state index in [9.17, 15) is 19.7 Å². The monoisotopic (exact) mass is 369 g/mol. The van der Waals surface area contributed by atoms with Gasteiger partial charge in [-0.15, -0.1) is 0 Å². The summed E-state index contributed by atoms with van der Waals surface area (Å²) in [6, 6.07) is 14.4. The molecule has 0 aliphatic carbocycles. The number of nitrogens with zero attached hydrogens (tertiary/aromatic N) is 2. The van der Waals surface area contributed by atoms with Crippen LogP contribution in [-0.2, 0) is 4.79 Å². The fourth-order valence-corrected chi connectivity index (χ4v) is 2.69. The van der Waals surface area contributed by atoms with Crippen molar-refractivity contribution in [3.8, 4) is 0 Å². The van der Waals surface area contributed by atoms with Gasteiger partial charge in [-0.1, -0.05) is 30.3 Å². The third-order valence-corrected chi connectivity index (χ3v) is 4.43. The predicted molar refractivity (Wildman–Crippen MR) is 102 cm³/mol. The van der Waals surface area contributed by atoms with E-state index in [2.05, 4.69) is 5.32 Å². The zero-order chi connectivity index (χ0) is 20.0. The molecule has 0 aliphatic rings. The Morgan fingerprint density at radius 3 is 2.41 bits per heavy atom. The Balaban J connectivity index is 1.97. The number of rotatable bonds is 7. The molecular formula is C20H23N3O4. The van der Waals surface area contributed by atoms with Crippen molar-refractivity contribution in [1.29, 1.82) is 0 Å². The van der Waals surface area contributed by atoms with E-state index in [1.807, 2.05) is 13.0 Å². The Labute approximate surface area is 158 Å². The molecule has 0 heterocycles. The minimum absolute atomic E-state index is 0.0105. The highest BCUT2D eigenvalue weighted by atomic mass is 16.6. The smallest absolute Gasteiger partial charge is 0.269 e. The maximum Gasteiger partial charge on any atom is 0.269 e. The van der Waals surface area contributed by atoms with Crippen molar-refractivity contribution >= 4 is 17.5 Å². The summed E-state index contributed by atoms with van der Waals surface area (Å²) in [5, 5.41) is 13.7. The van der Waals surface area contributed by atoms with Crippen molar-refractivity contribution < 1.29 is 14.5 Å². The van der Waals surface area contributed by atoms with Crippen LogP contribution in [0.4, 0.5) is 5.69 Å². The molecule has 0 fully saturated rings. The Kier molecular flexibility index (Phi) is 6.65. The zero-order valence-corrected chi connectivity index (χ0v) is 15.6. The van der Waals surface area contributed by atoms with E-state index in [0.717, 1.165) is 0 Å². The number of hydrogen-bond acceptors (Lipinski definition) is 4. The molecule has 0 radical (unpaired) electrons. The van der Waals surface area contributed by atoms with E-state index in [0.29, 0.717) is 11.1 Å². The lowest BCUT2D eigenvalue weighted by atomic mass is 10.1. The van der Waals surface area contributed by atoms with Gasteiger partial charge in [-0.25, -0.2) is 0 Å². The normalized spacial score (nSPS) is 12.7. The van der Waals surface area contributed by atoms with Crippen LogP contribution in [0.25, 0.3) is 0 Å². The molecule has 2 amide bonds. The van der Waals surface area contributed by atoms with Crippen molar-refractivity contribution in [2.24, 2.45) is 0 Å². The number of benzene rings is 2. The summed E-state index contributed by atoms with van der Waals surface area (Å²) in [5.41, 5.74) is 1.21. The van der Waals surface area contributed by atoms with E-state index >= 15 is 0 Å². The Morgan fingerprint density at radius 1 is 1.11 bits per heavy atom. The minimum atomic E-state index is -0.459. The summed E-state index contributed by atoms with van der Waals surface area (Å²) in [6.07, 6.45) is 0.133. The second-order valence-electron chi connectivity index (χ2n) is 6.48. The maximum absolute atomic E-state index is 12.5. The number of nitrogens with one attached hydrogen (secondary N) is 1. The van der Waals surface area contributed by atoms with Gasteiger partial charge in [0.25, 0.3) is 11.6 Å². The fourth-order valence-electron chi connectivity index (χ4n) is 2.69. The maximum atomic E-state index is 12.5. The highest BCUT2D eigenvalue weighted by Gasteiger charge is 2.21. The van der Waals surface area contributed by atoms with Gasteiger partial charge in [0.1, 0.15) is 0 Å². The lowest BCUT2D eigenvalue weighted by Gasteiger charge is -2.26. The van der Waals surface area contributed by atoms with Gasteiger partial charge in [-0.3, -0.25) is 19.7 Å². The molecule has 0 saturated carbocycles. The SMILES string of the molecule is C[C@H](CC(=O)N(C)[C@@H](C)c1cccc([N+](=O)[O-])c1)NC(=O)c1ccccc1. The summed E-state index contributed by atoms with van der Waals surface area (Å²) < 4.78 is 0. The van der Waals surface area contributed by atoms with Gasteiger partial charge in [0.2, 0.25) is 5.91 Å². The van der Waals surface area contributed by atoms with Crippen LogP contribution in [0.2, 0.25) is 0 Å². The third-order valence-electron chi connectivity index (χ3n) is 4.43. The van der Waals surface area contributed by atoms with Crippen LogP contribution in [0.3, 0.4) is 0 Å². The van der Waals surface area contributed by atoms with Gasteiger partial charge in [0, 0.05) is 37.2 Å². The van der Waals surface area contributed by atoms with Gasteiger partial charge in [0.05, 0.1) is 11.0 Å². The predicted octanol–water partition coefficient (Wildman–Crippen LogP) is 3.32. The minimum Gasteiger partial charge on any atom is -0.349 e. The molecule has 2 atom stereocenters. The molecule has 7 nitrogen and oxygen atoms in total. The van der Waals surface area contributed by atoms with Crippen LogP contribution < -0.4 is 5.32 Å². The average Bonchev–Trinajstić information content (AvgIpc) is 2.67. The molecule has 2 rings (SSSR count). The first-order valence-electron chi connectivity index (χ1n) is 8.65. The van der Waals surface area contributed by atoms with E-state index in [1.165, 1.54) is 17.0 Å². The number of amides is 2. The largest absolute Gasteiger partial charge is 0.349 e. The summed E-state index contributed by atoms with van der Waals surface area (Å²) in [6.45, 7) is 3.58. The van der Waals surface area contributed by atoms with Crippen LogP contribution in [0.5, 0.6) is 0 Å². The van der Waals surface area contributed by atoms with E-state index in [1.54, 1.807) is 50.4 Å². The van der Waals surface area contributed by atoms with Gasteiger partial charge >= 0.3 is 0 Å². The lowest BCUT2D eigenvalue weighted by molar-refractivity contribution is -0.384. The van der Waals surface area contributed by atoms with E-state index in [4.69, 9.17) is 0 Å². The van der Waals surface area contributed by atoms with Crippen LogP contribution in [0, 0.1) is 10.1 Å². The fraction of sp³-hybridized carbons (Fsp3) is 0.300. The zero-order valence-electron chi connectivity index (χ0n) is 15.6. The molecule has 0 aliphatic heterocycles. The molecule has 2 aromatic rings. The number of nitro benzene ring substituents is 1. The molecule has 0 unspecified atom stereocenters. The van der Waals surface area contributed by atoms with Gasteiger partial charge in [0.15, 0.2) is 0 Å².